The Hall–Kier alpha value is -3.18. The van der Waals surface area contributed by atoms with Crippen LogP contribution in [0.25, 0.3) is 21.7 Å². The number of nitrogens with zero attached hydrogens (tertiary/aromatic N) is 5. The SMILES string of the molecule is CN1CCc2c(sc3c2c(=O)n(-c2ccccc2)c2nnc(SCC(=O)Nc4cccc(Cl)c4)n32)C1. The van der Waals surface area contributed by atoms with Gasteiger partial charge in [0, 0.05) is 28.7 Å². The van der Waals surface area contributed by atoms with Gasteiger partial charge in [-0.1, -0.05) is 47.6 Å². The second-order valence-corrected chi connectivity index (χ2v) is 11.1. The van der Waals surface area contributed by atoms with Crippen LogP contribution in [-0.2, 0) is 17.8 Å². The molecule has 0 unspecified atom stereocenters. The van der Waals surface area contributed by atoms with Gasteiger partial charge in [0.15, 0.2) is 5.16 Å². The van der Waals surface area contributed by atoms with Gasteiger partial charge in [0.2, 0.25) is 11.7 Å². The third-order valence-corrected chi connectivity index (χ3v) is 8.49. The number of halogens is 1. The van der Waals surface area contributed by atoms with Crippen molar-refractivity contribution >= 4 is 62.3 Å². The van der Waals surface area contributed by atoms with Crippen molar-refractivity contribution in [2.24, 2.45) is 0 Å². The molecule has 8 nitrogen and oxygen atoms in total. The number of fused-ring (bicyclic) bond motifs is 5. The molecule has 0 atom stereocenters. The number of benzene rings is 2. The predicted molar refractivity (Wildman–Crippen MR) is 145 cm³/mol. The van der Waals surface area contributed by atoms with Gasteiger partial charge in [0.05, 0.1) is 16.8 Å². The molecule has 1 aliphatic rings. The minimum Gasteiger partial charge on any atom is -0.325 e. The molecule has 182 valence electrons. The van der Waals surface area contributed by atoms with Gasteiger partial charge in [-0.25, -0.2) is 8.97 Å². The maximum atomic E-state index is 13.9. The molecule has 0 fully saturated rings. The molecule has 2 aromatic carbocycles. The smallest absolute Gasteiger partial charge is 0.268 e. The van der Waals surface area contributed by atoms with E-state index in [4.69, 9.17) is 11.6 Å². The molecule has 0 spiro atoms. The number of thiophene rings is 1. The quantitative estimate of drug-likeness (QED) is 0.334. The Labute approximate surface area is 219 Å². The van der Waals surface area contributed by atoms with Crippen LogP contribution < -0.4 is 10.9 Å². The number of aromatic nitrogens is 4. The molecule has 0 saturated heterocycles. The molecular weight excluding hydrogens is 516 g/mol. The molecule has 11 heteroatoms. The fourth-order valence-corrected chi connectivity index (χ4v) is 6.88. The summed E-state index contributed by atoms with van der Waals surface area (Å²) in [6.45, 7) is 1.70. The maximum Gasteiger partial charge on any atom is 0.268 e. The van der Waals surface area contributed by atoms with E-state index in [1.165, 1.54) is 16.6 Å². The lowest BCUT2D eigenvalue weighted by molar-refractivity contribution is -0.113. The molecular formula is C25H21ClN6O2S2. The van der Waals surface area contributed by atoms with Gasteiger partial charge in [0.25, 0.3) is 5.56 Å². The highest BCUT2D eigenvalue weighted by Gasteiger charge is 2.27. The number of para-hydroxylation sites is 1. The van der Waals surface area contributed by atoms with E-state index in [-0.39, 0.29) is 17.2 Å². The largest absolute Gasteiger partial charge is 0.325 e. The van der Waals surface area contributed by atoms with Gasteiger partial charge in [-0.3, -0.25) is 9.59 Å². The van der Waals surface area contributed by atoms with Crippen LogP contribution in [0.15, 0.2) is 64.5 Å². The van der Waals surface area contributed by atoms with Gasteiger partial charge >= 0.3 is 0 Å². The van der Waals surface area contributed by atoms with E-state index in [1.54, 1.807) is 40.2 Å². The number of anilines is 1. The predicted octanol–water partition coefficient (Wildman–Crippen LogP) is 4.47. The topological polar surface area (TPSA) is 84.5 Å². The second kappa shape index (κ2) is 9.36. The average molecular weight is 537 g/mol. The summed E-state index contributed by atoms with van der Waals surface area (Å²) in [5.41, 5.74) is 2.38. The molecule has 5 aromatic rings. The summed E-state index contributed by atoms with van der Waals surface area (Å²) in [7, 11) is 2.09. The van der Waals surface area contributed by atoms with E-state index < -0.39 is 0 Å². The summed E-state index contributed by atoms with van der Waals surface area (Å²) in [4.78, 5) is 30.8. The normalized spacial score (nSPS) is 13.8. The number of hydrogen-bond donors (Lipinski definition) is 1. The third kappa shape index (κ3) is 4.09. The second-order valence-electron chi connectivity index (χ2n) is 8.61. The molecule has 1 amide bonds. The first-order valence-corrected chi connectivity index (χ1v) is 13.5. The molecule has 0 radical (unpaired) electrons. The standard InChI is InChI=1S/C25H21ClN6O2S2/c1-30-11-10-18-19(13-30)36-23-21(18)22(34)31(17-8-3-2-4-9-17)24-28-29-25(32(23)24)35-14-20(33)27-16-7-5-6-15(26)12-16/h2-9,12H,10-11,13-14H2,1H3,(H,27,33). The maximum absolute atomic E-state index is 13.9. The molecule has 36 heavy (non-hydrogen) atoms. The van der Waals surface area contributed by atoms with Crippen molar-refractivity contribution < 1.29 is 4.79 Å². The van der Waals surface area contributed by atoms with E-state index in [2.05, 4.69) is 27.5 Å². The lowest BCUT2D eigenvalue weighted by Crippen LogP contribution is -2.27. The van der Waals surface area contributed by atoms with Crippen LogP contribution in [0.1, 0.15) is 10.4 Å². The Morgan fingerprint density at radius 3 is 2.81 bits per heavy atom. The van der Waals surface area contributed by atoms with E-state index in [0.717, 1.165) is 35.6 Å². The number of nitrogens with one attached hydrogen (secondary N) is 1. The highest BCUT2D eigenvalue weighted by molar-refractivity contribution is 7.99. The minimum absolute atomic E-state index is 0.0894. The summed E-state index contributed by atoms with van der Waals surface area (Å²) >= 11 is 8.92. The van der Waals surface area contributed by atoms with Gasteiger partial charge in [-0.2, -0.15) is 0 Å². The minimum atomic E-state index is -0.182. The van der Waals surface area contributed by atoms with Crippen molar-refractivity contribution in [1.82, 2.24) is 24.1 Å². The lowest BCUT2D eigenvalue weighted by atomic mass is 10.1. The number of likely N-dealkylation sites (N-methyl/N-ethyl adjacent to an activating group) is 1. The Morgan fingerprint density at radius 1 is 1.17 bits per heavy atom. The molecule has 0 bridgehead atoms. The Kier molecular flexibility index (Phi) is 6.04. The van der Waals surface area contributed by atoms with Crippen LogP contribution in [0.5, 0.6) is 0 Å². The zero-order chi connectivity index (χ0) is 24.8. The van der Waals surface area contributed by atoms with E-state index in [9.17, 15) is 9.59 Å². The number of amides is 1. The Bertz CT molecular complexity index is 1680. The van der Waals surface area contributed by atoms with Crippen molar-refractivity contribution in [2.75, 3.05) is 24.7 Å². The third-order valence-electron chi connectivity index (χ3n) is 6.12. The van der Waals surface area contributed by atoms with Crippen LogP contribution >= 0.6 is 34.7 Å². The van der Waals surface area contributed by atoms with Gasteiger partial charge in [-0.15, -0.1) is 21.5 Å². The van der Waals surface area contributed by atoms with Gasteiger partial charge < -0.3 is 10.2 Å². The molecule has 0 aliphatic carbocycles. The molecule has 0 saturated carbocycles. The Morgan fingerprint density at radius 2 is 2.00 bits per heavy atom. The number of thioether (sulfide) groups is 1. The number of hydrogen-bond acceptors (Lipinski definition) is 7. The van der Waals surface area contributed by atoms with Crippen molar-refractivity contribution in [3.8, 4) is 5.69 Å². The first kappa shape index (κ1) is 23.2. The van der Waals surface area contributed by atoms with Crippen molar-refractivity contribution in [2.45, 2.75) is 18.1 Å². The van der Waals surface area contributed by atoms with Crippen LogP contribution in [0, 0.1) is 0 Å². The summed E-state index contributed by atoms with van der Waals surface area (Å²) < 4.78 is 3.54. The number of rotatable bonds is 5. The first-order chi connectivity index (χ1) is 17.5. The van der Waals surface area contributed by atoms with Gasteiger partial charge in [-0.05, 0) is 49.4 Å². The lowest BCUT2D eigenvalue weighted by Gasteiger charge is -2.21. The van der Waals surface area contributed by atoms with E-state index >= 15 is 0 Å². The van der Waals surface area contributed by atoms with E-state index in [1.807, 2.05) is 34.7 Å². The van der Waals surface area contributed by atoms with Crippen LogP contribution in [0.4, 0.5) is 5.69 Å². The van der Waals surface area contributed by atoms with Crippen molar-refractivity contribution in [1.29, 1.82) is 0 Å². The van der Waals surface area contributed by atoms with Gasteiger partial charge in [0.1, 0.15) is 4.83 Å². The molecule has 6 rings (SSSR count). The number of carbonyl (C=O) groups is 1. The average Bonchev–Trinajstić information content (AvgIpc) is 3.45. The fourth-order valence-electron chi connectivity index (χ4n) is 4.48. The zero-order valence-corrected chi connectivity index (χ0v) is 21.7. The molecule has 3 aromatic heterocycles. The van der Waals surface area contributed by atoms with Crippen molar-refractivity contribution in [3.05, 3.63) is 80.4 Å². The molecule has 1 N–H and O–H groups in total. The summed E-state index contributed by atoms with van der Waals surface area (Å²) in [5, 5.41) is 13.5. The highest BCUT2D eigenvalue weighted by Crippen LogP contribution is 2.35. The summed E-state index contributed by atoms with van der Waals surface area (Å²) in [6, 6.07) is 16.5. The molecule has 4 heterocycles. The van der Waals surface area contributed by atoms with Crippen LogP contribution in [0.2, 0.25) is 5.02 Å². The Balaban J connectivity index is 1.45. The molecule has 1 aliphatic heterocycles. The highest BCUT2D eigenvalue weighted by atomic mass is 35.5. The summed E-state index contributed by atoms with van der Waals surface area (Å²) in [6.07, 6.45) is 0.814. The fraction of sp³-hybridized carbons (Fsp3) is 0.200. The summed E-state index contributed by atoms with van der Waals surface area (Å²) in [5.74, 6) is 0.384. The van der Waals surface area contributed by atoms with E-state index in [0.29, 0.717) is 27.0 Å². The number of carbonyl (C=O) groups excluding carboxylic acids is 1. The first-order valence-electron chi connectivity index (χ1n) is 11.4. The van der Waals surface area contributed by atoms with Crippen molar-refractivity contribution in [3.63, 3.8) is 0 Å². The zero-order valence-electron chi connectivity index (χ0n) is 19.3. The van der Waals surface area contributed by atoms with Crippen LogP contribution in [0.3, 0.4) is 0 Å². The monoisotopic (exact) mass is 536 g/mol. The van der Waals surface area contributed by atoms with Crippen LogP contribution in [-0.4, -0.2) is 49.3 Å².